The van der Waals surface area contributed by atoms with E-state index in [1.165, 1.54) is 19.0 Å². The van der Waals surface area contributed by atoms with Crippen LogP contribution in [0.4, 0.5) is 0 Å². The summed E-state index contributed by atoms with van der Waals surface area (Å²) in [6, 6.07) is 0. The molecule has 0 aliphatic carbocycles. The first-order valence-electron chi connectivity index (χ1n) is 7.69. The van der Waals surface area contributed by atoms with Gasteiger partial charge in [0.05, 0.1) is 6.20 Å². The highest BCUT2D eigenvalue weighted by molar-refractivity contribution is 5.90. The Balaban J connectivity index is 0.00000106. The average Bonchev–Trinajstić information content (AvgIpc) is 2.94. The largest absolute Gasteiger partial charge is 0.416 e. The summed E-state index contributed by atoms with van der Waals surface area (Å²) >= 11 is 0. The van der Waals surface area contributed by atoms with Gasteiger partial charge in [-0.25, -0.2) is 4.79 Å². The van der Waals surface area contributed by atoms with Crippen LogP contribution in [0.3, 0.4) is 0 Å². The fraction of sp³-hybridized carbons (Fsp3) is 0.733. The van der Waals surface area contributed by atoms with Gasteiger partial charge in [-0.15, -0.1) is 0 Å². The minimum atomic E-state index is -0.591. The van der Waals surface area contributed by atoms with E-state index in [2.05, 4.69) is 16.9 Å². The number of rotatable bonds is 4. The molecular formula is C15H27N3O3. The topological polar surface area (TPSA) is 69.6 Å². The zero-order valence-corrected chi connectivity index (χ0v) is 13.5. The number of nitrogens with one attached hydrogen (secondary N) is 1. The fourth-order valence-corrected chi connectivity index (χ4v) is 2.41. The summed E-state index contributed by atoms with van der Waals surface area (Å²) in [5.41, 5.74) is 0. The normalized spacial score (nSPS) is 16.2. The van der Waals surface area contributed by atoms with Crippen molar-refractivity contribution in [3.63, 3.8) is 0 Å². The molecule has 21 heavy (non-hydrogen) atoms. The van der Waals surface area contributed by atoms with Crippen molar-refractivity contribution < 1.29 is 9.21 Å². The van der Waals surface area contributed by atoms with E-state index in [9.17, 15) is 9.59 Å². The van der Waals surface area contributed by atoms with Crippen molar-refractivity contribution in [3.05, 3.63) is 22.5 Å². The van der Waals surface area contributed by atoms with Gasteiger partial charge in [0, 0.05) is 13.6 Å². The lowest BCUT2D eigenvalue weighted by Gasteiger charge is -2.29. The zero-order valence-electron chi connectivity index (χ0n) is 13.5. The van der Waals surface area contributed by atoms with Crippen LogP contribution in [0.2, 0.25) is 0 Å². The number of likely N-dealkylation sites (tertiary alicyclic amines) is 1. The second-order valence-electron chi connectivity index (χ2n) is 5.30. The number of carbonyl (C=O) groups is 1. The summed E-state index contributed by atoms with van der Waals surface area (Å²) in [7, 11) is 3.88. The Bertz CT molecular complexity index is 473. The maximum Gasteiger partial charge on any atom is 0.416 e. The molecule has 2 heterocycles. The first-order chi connectivity index (χ1) is 10.1. The summed E-state index contributed by atoms with van der Waals surface area (Å²) in [6.45, 7) is 6.96. The van der Waals surface area contributed by atoms with Gasteiger partial charge in [-0.2, -0.15) is 0 Å². The second-order valence-corrected chi connectivity index (χ2v) is 5.30. The van der Waals surface area contributed by atoms with Crippen molar-refractivity contribution in [1.82, 2.24) is 14.8 Å². The molecule has 0 aromatic carbocycles. The van der Waals surface area contributed by atoms with E-state index in [0.29, 0.717) is 12.5 Å². The SMILES string of the molecule is CC.CN1CCC(CCN(C)C(=O)c2c[nH]c(=O)o2)CC1. The van der Waals surface area contributed by atoms with Crippen LogP contribution >= 0.6 is 0 Å². The van der Waals surface area contributed by atoms with Crippen molar-refractivity contribution in [2.45, 2.75) is 33.1 Å². The van der Waals surface area contributed by atoms with Crippen molar-refractivity contribution in [1.29, 1.82) is 0 Å². The molecule has 1 aromatic heterocycles. The van der Waals surface area contributed by atoms with Crippen LogP contribution in [0.15, 0.2) is 15.4 Å². The van der Waals surface area contributed by atoms with Crippen molar-refractivity contribution in [3.8, 4) is 0 Å². The molecule has 1 N–H and O–H groups in total. The van der Waals surface area contributed by atoms with Gasteiger partial charge in [0.1, 0.15) is 0 Å². The molecule has 1 fully saturated rings. The summed E-state index contributed by atoms with van der Waals surface area (Å²) in [6.07, 6.45) is 4.71. The molecule has 1 aliphatic rings. The number of oxazole rings is 1. The summed E-state index contributed by atoms with van der Waals surface area (Å²) in [4.78, 5) is 29.1. The molecule has 0 unspecified atom stereocenters. The number of aromatic amines is 1. The maximum atomic E-state index is 11.9. The molecule has 6 heteroatoms. The third kappa shape index (κ3) is 5.38. The quantitative estimate of drug-likeness (QED) is 0.920. The smallest absolute Gasteiger partial charge is 0.403 e. The molecule has 1 aromatic rings. The minimum Gasteiger partial charge on any atom is -0.403 e. The number of H-pyrrole nitrogens is 1. The van der Waals surface area contributed by atoms with Gasteiger partial charge < -0.3 is 14.2 Å². The van der Waals surface area contributed by atoms with E-state index < -0.39 is 5.76 Å². The monoisotopic (exact) mass is 297 g/mol. The third-order valence-corrected chi connectivity index (χ3v) is 3.79. The van der Waals surface area contributed by atoms with Gasteiger partial charge in [-0.3, -0.25) is 9.78 Å². The Morgan fingerprint density at radius 3 is 2.57 bits per heavy atom. The Hall–Kier alpha value is -1.56. The van der Waals surface area contributed by atoms with E-state index in [1.807, 2.05) is 13.8 Å². The van der Waals surface area contributed by atoms with Gasteiger partial charge in [-0.1, -0.05) is 13.8 Å². The number of amides is 1. The molecule has 1 saturated heterocycles. The summed E-state index contributed by atoms with van der Waals surface area (Å²) < 4.78 is 4.76. The van der Waals surface area contributed by atoms with E-state index in [1.54, 1.807) is 11.9 Å². The predicted octanol–water partition coefficient (Wildman–Crippen LogP) is 1.80. The number of aromatic nitrogens is 1. The lowest BCUT2D eigenvalue weighted by molar-refractivity contribution is 0.0746. The minimum absolute atomic E-state index is 0.0795. The Kier molecular flexibility index (Phi) is 7.22. The van der Waals surface area contributed by atoms with E-state index in [-0.39, 0.29) is 11.7 Å². The van der Waals surface area contributed by atoms with Crippen molar-refractivity contribution in [2.75, 3.05) is 33.7 Å². The maximum absolute atomic E-state index is 11.9. The first kappa shape index (κ1) is 17.5. The van der Waals surface area contributed by atoms with Crippen LogP contribution in [-0.4, -0.2) is 54.4 Å². The van der Waals surface area contributed by atoms with Crippen LogP contribution < -0.4 is 5.76 Å². The molecule has 0 atom stereocenters. The van der Waals surface area contributed by atoms with E-state index in [0.717, 1.165) is 19.5 Å². The lowest BCUT2D eigenvalue weighted by Crippen LogP contribution is -2.33. The number of hydrogen-bond donors (Lipinski definition) is 1. The number of hydrogen-bond acceptors (Lipinski definition) is 4. The summed E-state index contributed by atoms with van der Waals surface area (Å²) in [5, 5.41) is 0. The van der Waals surface area contributed by atoms with Gasteiger partial charge in [-0.05, 0) is 45.3 Å². The van der Waals surface area contributed by atoms with Crippen LogP contribution in [0.5, 0.6) is 0 Å². The van der Waals surface area contributed by atoms with Crippen molar-refractivity contribution >= 4 is 5.91 Å². The molecule has 120 valence electrons. The third-order valence-electron chi connectivity index (χ3n) is 3.79. The van der Waals surface area contributed by atoms with Crippen LogP contribution in [-0.2, 0) is 0 Å². The van der Waals surface area contributed by atoms with E-state index >= 15 is 0 Å². The Labute approximate surface area is 126 Å². The molecular weight excluding hydrogens is 270 g/mol. The molecule has 2 rings (SSSR count). The standard InChI is InChI=1S/C13H21N3O3.C2H6/c1-15-6-3-10(4-7-15)5-8-16(2)12(17)11-9-14-13(18)19-11;1-2/h9-10H,3-8H2,1-2H3,(H,14,18);1-2H3. The second kappa shape index (κ2) is 8.67. The Morgan fingerprint density at radius 2 is 2.05 bits per heavy atom. The molecule has 1 amide bonds. The average molecular weight is 297 g/mol. The predicted molar refractivity (Wildman–Crippen MR) is 82.5 cm³/mol. The van der Waals surface area contributed by atoms with Crippen LogP contribution in [0, 0.1) is 5.92 Å². The molecule has 6 nitrogen and oxygen atoms in total. The fourth-order valence-electron chi connectivity index (χ4n) is 2.41. The van der Waals surface area contributed by atoms with Crippen LogP contribution in [0.25, 0.3) is 0 Å². The lowest BCUT2D eigenvalue weighted by atomic mass is 9.94. The number of carbonyl (C=O) groups excluding carboxylic acids is 1. The molecule has 0 saturated carbocycles. The number of piperidine rings is 1. The highest BCUT2D eigenvalue weighted by Crippen LogP contribution is 2.19. The highest BCUT2D eigenvalue weighted by atomic mass is 16.4. The van der Waals surface area contributed by atoms with Crippen molar-refractivity contribution in [2.24, 2.45) is 5.92 Å². The zero-order chi connectivity index (χ0) is 15.8. The van der Waals surface area contributed by atoms with Gasteiger partial charge in [0.15, 0.2) is 0 Å². The first-order valence-corrected chi connectivity index (χ1v) is 7.69. The summed E-state index contributed by atoms with van der Waals surface area (Å²) in [5.74, 6) is -0.0705. The molecule has 1 aliphatic heterocycles. The number of nitrogens with zero attached hydrogens (tertiary/aromatic N) is 2. The van der Waals surface area contributed by atoms with Gasteiger partial charge in [0.25, 0.3) is 5.91 Å². The van der Waals surface area contributed by atoms with E-state index in [4.69, 9.17) is 4.42 Å². The van der Waals surface area contributed by atoms with Crippen LogP contribution in [0.1, 0.15) is 43.7 Å². The molecule has 0 radical (unpaired) electrons. The molecule has 0 bridgehead atoms. The highest BCUT2D eigenvalue weighted by Gasteiger charge is 2.20. The van der Waals surface area contributed by atoms with Gasteiger partial charge >= 0.3 is 5.76 Å². The Morgan fingerprint density at radius 1 is 1.43 bits per heavy atom. The molecule has 0 spiro atoms. The van der Waals surface area contributed by atoms with Gasteiger partial charge in [0.2, 0.25) is 5.76 Å².